The molecule has 2 saturated heterocycles. The topological polar surface area (TPSA) is 69.4 Å². The van der Waals surface area contributed by atoms with E-state index in [4.69, 9.17) is 21.3 Å². The summed E-state index contributed by atoms with van der Waals surface area (Å²) in [5.74, 6) is 0.584. The maximum Gasteiger partial charge on any atom is 0.318 e. The van der Waals surface area contributed by atoms with E-state index in [1.165, 1.54) is 29.7 Å². The molecule has 10 heteroatoms. The molecule has 3 aliphatic heterocycles. The molecule has 6 rings (SSSR count). The molecule has 9 nitrogen and oxygen atoms in total. The summed E-state index contributed by atoms with van der Waals surface area (Å²) in [6.45, 7) is 10.8. The van der Waals surface area contributed by atoms with E-state index in [1.807, 2.05) is 0 Å². The molecule has 1 aromatic heterocycles. The van der Waals surface area contributed by atoms with Gasteiger partial charge in [-0.15, -0.1) is 0 Å². The number of hydrogen-bond donors (Lipinski definition) is 0. The van der Waals surface area contributed by atoms with Gasteiger partial charge in [0.15, 0.2) is 0 Å². The Labute approximate surface area is 247 Å². The lowest BCUT2D eigenvalue weighted by atomic mass is 9.81. The van der Waals surface area contributed by atoms with Crippen LogP contribution in [0.25, 0.3) is 4.85 Å². The minimum atomic E-state index is -0.689. The number of aryl methyl sites for hydroxylation is 1. The second kappa shape index (κ2) is 12.0. The maximum atomic E-state index is 12.8. The van der Waals surface area contributed by atoms with Gasteiger partial charge in [-0.1, -0.05) is 24.3 Å². The van der Waals surface area contributed by atoms with Gasteiger partial charge in [-0.3, -0.25) is 9.69 Å². The molecule has 2 fully saturated rings. The molecule has 0 N–H and O–H groups in total. The number of ether oxygens (including phenoxy) is 1. The highest BCUT2D eigenvalue weighted by Crippen LogP contribution is 2.48. The van der Waals surface area contributed by atoms with Gasteiger partial charge in [0, 0.05) is 50.3 Å². The van der Waals surface area contributed by atoms with Crippen molar-refractivity contribution in [1.29, 1.82) is 0 Å². The molecule has 4 aliphatic rings. The Balaban J connectivity index is 1.34. The van der Waals surface area contributed by atoms with Crippen LogP contribution in [0.5, 0.6) is 6.01 Å². The lowest BCUT2D eigenvalue weighted by molar-refractivity contribution is -0.128. The third kappa shape index (κ3) is 5.25. The van der Waals surface area contributed by atoms with E-state index in [0.29, 0.717) is 44.8 Å². The molecule has 1 amide bonds. The lowest BCUT2D eigenvalue weighted by Gasteiger charge is -2.46. The van der Waals surface area contributed by atoms with Crippen LogP contribution < -0.4 is 9.64 Å². The van der Waals surface area contributed by atoms with Gasteiger partial charge in [-0.05, 0) is 63.5 Å². The summed E-state index contributed by atoms with van der Waals surface area (Å²) in [6.07, 6.45) is 7.65. The van der Waals surface area contributed by atoms with Crippen molar-refractivity contribution in [3.8, 4) is 6.01 Å². The van der Waals surface area contributed by atoms with Crippen molar-refractivity contribution in [2.45, 2.75) is 56.3 Å². The molecular formula is C32H40FN7O2. The molecule has 1 spiro atoms. The van der Waals surface area contributed by atoms with Crippen LogP contribution in [0.1, 0.15) is 41.6 Å². The van der Waals surface area contributed by atoms with Gasteiger partial charge in [0.2, 0.25) is 12.5 Å². The number of carbonyl (C=O) groups is 1. The molecule has 42 heavy (non-hydrogen) atoms. The zero-order chi connectivity index (χ0) is 29.3. The number of carbonyl (C=O) groups excluding carboxylic acids is 1. The predicted octanol–water partition coefficient (Wildman–Crippen LogP) is 3.24. The summed E-state index contributed by atoms with van der Waals surface area (Å²) in [7, 11) is 4.34. The van der Waals surface area contributed by atoms with Crippen molar-refractivity contribution in [2.75, 3.05) is 65.0 Å². The van der Waals surface area contributed by atoms with Crippen molar-refractivity contribution in [3.63, 3.8) is 0 Å². The lowest BCUT2D eigenvalue weighted by Crippen LogP contribution is -2.56. The van der Waals surface area contributed by atoms with Crippen molar-refractivity contribution < 1.29 is 13.9 Å². The number of benzene rings is 1. The first kappa shape index (κ1) is 28.6. The third-order valence-electron chi connectivity index (χ3n) is 9.76. The second-order valence-corrected chi connectivity index (χ2v) is 12.1. The van der Waals surface area contributed by atoms with Crippen LogP contribution in [0.2, 0.25) is 0 Å². The van der Waals surface area contributed by atoms with Crippen molar-refractivity contribution >= 4 is 11.7 Å². The Morgan fingerprint density at radius 2 is 2.07 bits per heavy atom. The van der Waals surface area contributed by atoms with Gasteiger partial charge >= 0.3 is 6.01 Å². The second-order valence-electron chi connectivity index (χ2n) is 12.1. The third-order valence-corrected chi connectivity index (χ3v) is 9.76. The Morgan fingerprint density at radius 3 is 2.86 bits per heavy atom. The maximum absolute atomic E-state index is 12.8. The molecule has 1 aromatic carbocycles. The molecule has 1 aliphatic carbocycles. The van der Waals surface area contributed by atoms with Crippen LogP contribution in [-0.4, -0.2) is 103 Å². The standard InChI is InChI=1S/C32H40FN7O2/c1-34-19-25-20-39(16-17-40(25)29(41)11-6-14-33)30-26-21-38(3)32(13-12-23-8-4-5-10-27(23)32)18-28(26)35-31(36-30)42-22-24-9-7-15-37(24)2/h4-6,8,10-11,24-25H,7,9,12-22H2,2-3H3/b11-6+/t24-,25-,32?/m0/s1. The van der Waals surface area contributed by atoms with Crippen molar-refractivity contribution in [3.05, 3.63) is 70.2 Å². The normalized spacial score (nSPS) is 26.0. The van der Waals surface area contributed by atoms with Crippen molar-refractivity contribution in [2.24, 2.45) is 0 Å². The van der Waals surface area contributed by atoms with Gasteiger partial charge in [0.25, 0.3) is 0 Å². The van der Waals surface area contributed by atoms with E-state index in [-0.39, 0.29) is 24.0 Å². The van der Waals surface area contributed by atoms with Gasteiger partial charge < -0.3 is 24.3 Å². The number of fused-ring (bicyclic) bond motifs is 3. The Hall–Kier alpha value is -3.55. The molecular weight excluding hydrogens is 533 g/mol. The van der Waals surface area contributed by atoms with Crippen LogP contribution in [0.3, 0.4) is 0 Å². The highest BCUT2D eigenvalue weighted by atomic mass is 19.1. The first-order valence-electron chi connectivity index (χ1n) is 15.1. The summed E-state index contributed by atoms with van der Waals surface area (Å²) in [6, 6.07) is 9.20. The first-order valence-corrected chi connectivity index (χ1v) is 15.1. The highest BCUT2D eigenvalue weighted by molar-refractivity contribution is 5.88. The van der Waals surface area contributed by atoms with E-state index in [1.54, 1.807) is 4.90 Å². The highest BCUT2D eigenvalue weighted by Gasteiger charge is 2.47. The molecule has 0 bridgehead atoms. The fourth-order valence-electron chi connectivity index (χ4n) is 7.38. The number of anilines is 1. The number of amides is 1. The summed E-state index contributed by atoms with van der Waals surface area (Å²) >= 11 is 0. The minimum Gasteiger partial charge on any atom is -0.462 e. The first-order chi connectivity index (χ1) is 20.4. The van der Waals surface area contributed by atoms with E-state index in [9.17, 15) is 9.18 Å². The zero-order valence-electron chi connectivity index (χ0n) is 24.6. The quantitative estimate of drug-likeness (QED) is 0.372. The van der Waals surface area contributed by atoms with Crippen molar-refractivity contribution in [1.82, 2.24) is 24.7 Å². The predicted molar refractivity (Wildman–Crippen MR) is 159 cm³/mol. The molecule has 3 atom stereocenters. The molecule has 2 aromatic rings. The molecule has 4 heterocycles. The number of halogens is 1. The Morgan fingerprint density at radius 1 is 1.21 bits per heavy atom. The number of likely N-dealkylation sites (tertiary alicyclic amines) is 1. The van der Waals surface area contributed by atoms with Crippen LogP contribution in [0, 0.1) is 6.57 Å². The molecule has 0 saturated carbocycles. The smallest absolute Gasteiger partial charge is 0.318 e. The number of hydrogen-bond acceptors (Lipinski definition) is 7. The van der Waals surface area contributed by atoms with E-state index < -0.39 is 6.67 Å². The Kier molecular flexibility index (Phi) is 8.15. The average Bonchev–Trinajstić information content (AvgIpc) is 3.59. The van der Waals surface area contributed by atoms with Gasteiger partial charge in [-0.2, -0.15) is 9.97 Å². The summed E-state index contributed by atoms with van der Waals surface area (Å²) in [4.78, 5) is 35.2. The molecule has 1 unspecified atom stereocenters. The van der Waals surface area contributed by atoms with E-state index >= 15 is 0 Å². The minimum absolute atomic E-state index is 0.112. The monoisotopic (exact) mass is 573 g/mol. The zero-order valence-corrected chi connectivity index (χ0v) is 24.6. The van der Waals surface area contributed by atoms with Gasteiger partial charge in [0.05, 0.1) is 11.2 Å². The SMILES string of the molecule is [C-]#[N+]C[C@H]1CN(c2nc(OC[C@@H]3CCCN3C)nc3c2CN(C)C2(CCc4ccccc42)C3)CCN1C(=O)/C=C/CF. The number of allylic oxidation sites excluding steroid dienone is 1. The number of rotatable bonds is 7. The number of alkyl halides is 1. The largest absolute Gasteiger partial charge is 0.462 e. The number of piperazine rings is 1. The van der Waals surface area contributed by atoms with E-state index in [2.05, 4.69) is 57.9 Å². The number of likely N-dealkylation sites (N-methyl/N-ethyl adjacent to an activating group) is 2. The molecule has 0 radical (unpaired) electrons. The van der Waals surface area contributed by atoms with Crippen LogP contribution in [-0.2, 0) is 29.7 Å². The fourth-order valence-corrected chi connectivity index (χ4v) is 7.38. The van der Waals surface area contributed by atoms with Crippen LogP contribution >= 0.6 is 0 Å². The van der Waals surface area contributed by atoms with Gasteiger partial charge in [-0.25, -0.2) is 11.0 Å². The Bertz CT molecular complexity index is 1390. The number of nitrogens with zero attached hydrogens (tertiary/aromatic N) is 7. The summed E-state index contributed by atoms with van der Waals surface area (Å²) in [5.41, 5.74) is 4.80. The van der Waals surface area contributed by atoms with Crippen LogP contribution in [0.15, 0.2) is 36.4 Å². The summed E-state index contributed by atoms with van der Waals surface area (Å²) in [5, 5.41) is 0. The fraction of sp³-hybridized carbons (Fsp3) is 0.562. The number of aromatic nitrogens is 2. The average molecular weight is 574 g/mol. The van der Waals surface area contributed by atoms with Crippen LogP contribution in [0.4, 0.5) is 10.2 Å². The van der Waals surface area contributed by atoms with Gasteiger partial charge in [0.1, 0.15) is 25.1 Å². The summed E-state index contributed by atoms with van der Waals surface area (Å²) < 4.78 is 19.0. The molecule has 222 valence electrons. The van der Waals surface area contributed by atoms with E-state index in [0.717, 1.165) is 49.3 Å².